The average molecular weight is 415 g/mol. The highest BCUT2D eigenvalue weighted by Gasteiger charge is 2.21. The third-order valence-corrected chi connectivity index (χ3v) is 6.21. The van der Waals surface area contributed by atoms with Crippen LogP contribution in [0.2, 0.25) is 0 Å². The topological polar surface area (TPSA) is 110 Å². The number of carbonyl (C=O) groups excluding carboxylic acids is 1. The van der Waals surface area contributed by atoms with E-state index in [1.54, 1.807) is 17.0 Å². The molecule has 1 saturated heterocycles. The number of nitrogens with one attached hydrogen (secondary N) is 1. The number of carbonyl (C=O) groups is 1. The van der Waals surface area contributed by atoms with E-state index in [-0.39, 0.29) is 22.2 Å². The molecule has 3 rings (SSSR count). The van der Waals surface area contributed by atoms with Gasteiger partial charge >= 0.3 is 0 Å². The van der Waals surface area contributed by atoms with Gasteiger partial charge in [-0.1, -0.05) is 18.2 Å². The highest BCUT2D eigenvalue weighted by atomic mass is 32.2. The number of rotatable bonds is 5. The summed E-state index contributed by atoms with van der Waals surface area (Å²) in [6, 6.07) is 9.84. The minimum absolute atomic E-state index is 0.110. The number of anilines is 1. The first-order chi connectivity index (χ1) is 13.7. The molecule has 9 heteroatoms. The highest BCUT2D eigenvalue weighted by Crippen LogP contribution is 2.24. The second-order valence-electron chi connectivity index (χ2n) is 6.93. The number of hydrogen-bond acceptors (Lipinski definition) is 5. The number of benzene rings is 2. The van der Waals surface area contributed by atoms with Crippen molar-refractivity contribution < 1.29 is 18.1 Å². The molecule has 8 nitrogen and oxygen atoms in total. The Morgan fingerprint density at radius 3 is 2.34 bits per heavy atom. The van der Waals surface area contributed by atoms with Crippen molar-refractivity contribution in [3.05, 3.63) is 75.9 Å². The van der Waals surface area contributed by atoms with Crippen LogP contribution < -0.4 is 4.72 Å². The first-order valence-electron chi connectivity index (χ1n) is 9.01. The maximum absolute atomic E-state index is 12.6. The number of piperidine rings is 1. The molecule has 1 heterocycles. The summed E-state index contributed by atoms with van der Waals surface area (Å²) in [6.07, 6.45) is 1.57. The second kappa shape index (κ2) is 8.04. The van der Waals surface area contributed by atoms with Crippen LogP contribution in [0.25, 0.3) is 0 Å². The van der Waals surface area contributed by atoms with Gasteiger partial charge in [-0.2, -0.15) is 0 Å². The smallest absolute Gasteiger partial charge is 0.273 e. The van der Waals surface area contributed by atoms with Crippen LogP contribution >= 0.6 is 0 Å². The van der Waals surface area contributed by atoms with Crippen molar-refractivity contribution >= 4 is 27.3 Å². The fourth-order valence-corrected chi connectivity index (χ4v) is 4.13. The zero-order chi connectivity index (χ0) is 21.2. The Kier molecular flexibility index (Phi) is 5.69. The molecule has 29 heavy (non-hydrogen) atoms. The molecule has 2 aromatic rings. The number of sulfonamides is 1. The van der Waals surface area contributed by atoms with Gasteiger partial charge in [0.2, 0.25) is 0 Å². The Balaban J connectivity index is 1.75. The van der Waals surface area contributed by atoms with Crippen LogP contribution in [0.3, 0.4) is 0 Å². The van der Waals surface area contributed by atoms with Gasteiger partial charge in [0.1, 0.15) is 0 Å². The number of hydrogen-bond donors (Lipinski definition) is 1. The molecule has 1 fully saturated rings. The molecule has 0 radical (unpaired) electrons. The monoisotopic (exact) mass is 415 g/mol. The molecule has 1 N–H and O–H groups in total. The summed E-state index contributed by atoms with van der Waals surface area (Å²) in [5, 5.41) is 11.1. The summed E-state index contributed by atoms with van der Waals surface area (Å²) in [6.45, 7) is 6.71. The van der Waals surface area contributed by atoms with Crippen molar-refractivity contribution in [1.29, 1.82) is 0 Å². The summed E-state index contributed by atoms with van der Waals surface area (Å²) in [4.78, 5) is 24.5. The van der Waals surface area contributed by atoms with Gasteiger partial charge in [0.05, 0.1) is 9.82 Å². The second-order valence-corrected chi connectivity index (χ2v) is 8.61. The molecule has 0 unspecified atom stereocenters. The van der Waals surface area contributed by atoms with Gasteiger partial charge in [-0.25, -0.2) is 8.42 Å². The maximum Gasteiger partial charge on any atom is 0.273 e. The van der Waals surface area contributed by atoms with E-state index in [1.165, 1.54) is 31.2 Å². The van der Waals surface area contributed by atoms with Gasteiger partial charge in [-0.15, -0.1) is 0 Å². The molecule has 2 aromatic carbocycles. The molecular weight excluding hydrogens is 394 g/mol. The Bertz CT molecular complexity index is 1070. The first kappa shape index (κ1) is 20.5. The Hall–Kier alpha value is -3.20. The molecule has 1 aliphatic heterocycles. The Morgan fingerprint density at radius 1 is 1.14 bits per heavy atom. The van der Waals surface area contributed by atoms with Gasteiger partial charge < -0.3 is 4.90 Å². The predicted octanol–water partition coefficient (Wildman–Crippen LogP) is 3.50. The normalized spacial score (nSPS) is 14.5. The fraction of sp³-hybridized carbons (Fsp3) is 0.250. The van der Waals surface area contributed by atoms with Crippen molar-refractivity contribution in [2.75, 3.05) is 17.8 Å². The van der Waals surface area contributed by atoms with Crippen LogP contribution in [0.4, 0.5) is 11.4 Å². The summed E-state index contributed by atoms with van der Waals surface area (Å²) in [5.41, 5.74) is 1.97. The van der Waals surface area contributed by atoms with Crippen LogP contribution in [-0.4, -0.2) is 37.2 Å². The lowest BCUT2D eigenvalue weighted by atomic mass is 10.0. The third kappa shape index (κ3) is 4.62. The predicted molar refractivity (Wildman–Crippen MR) is 109 cm³/mol. The van der Waals surface area contributed by atoms with E-state index in [0.29, 0.717) is 24.2 Å². The summed E-state index contributed by atoms with van der Waals surface area (Å²) in [5.74, 6) is -0.110. The molecule has 0 aliphatic carbocycles. The van der Waals surface area contributed by atoms with Gasteiger partial charge in [-0.05, 0) is 50.1 Å². The lowest BCUT2D eigenvalue weighted by molar-refractivity contribution is -0.385. The highest BCUT2D eigenvalue weighted by molar-refractivity contribution is 7.92. The van der Waals surface area contributed by atoms with Crippen LogP contribution in [0.5, 0.6) is 0 Å². The maximum atomic E-state index is 12.6. The van der Waals surface area contributed by atoms with Crippen molar-refractivity contribution in [2.45, 2.75) is 24.7 Å². The van der Waals surface area contributed by atoms with Crippen molar-refractivity contribution in [3.63, 3.8) is 0 Å². The number of aryl methyl sites for hydroxylation is 1. The lowest BCUT2D eigenvalue weighted by Gasteiger charge is -2.28. The molecule has 0 spiro atoms. The van der Waals surface area contributed by atoms with E-state index in [9.17, 15) is 23.3 Å². The zero-order valence-corrected chi connectivity index (χ0v) is 16.7. The number of nitrogens with zero attached hydrogens (tertiary/aromatic N) is 2. The van der Waals surface area contributed by atoms with Gasteiger partial charge in [0, 0.05) is 36.0 Å². The van der Waals surface area contributed by atoms with Gasteiger partial charge in [-0.3, -0.25) is 19.6 Å². The van der Waals surface area contributed by atoms with Gasteiger partial charge in [0.15, 0.2) is 0 Å². The van der Waals surface area contributed by atoms with E-state index < -0.39 is 14.9 Å². The molecule has 1 aliphatic rings. The first-order valence-corrected chi connectivity index (χ1v) is 10.5. The zero-order valence-electron chi connectivity index (χ0n) is 15.9. The van der Waals surface area contributed by atoms with Crippen LogP contribution in [-0.2, 0) is 10.0 Å². The van der Waals surface area contributed by atoms with E-state index in [1.807, 2.05) is 0 Å². The van der Waals surface area contributed by atoms with E-state index in [2.05, 4.69) is 11.3 Å². The fourth-order valence-electron chi connectivity index (χ4n) is 3.06. The van der Waals surface area contributed by atoms with Crippen LogP contribution in [0, 0.1) is 17.0 Å². The number of likely N-dealkylation sites (tertiary alicyclic amines) is 1. The molecule has 0 aromatic heterocycles. The minimum atomic E-state index is -4.01. The Morgan fingerprint density at radius 2 is 1.76 bits per heavy atom. The molecule has 1 amide bonds. The number of nitro groups is 1. The molecule has 0 bridgehead atoms. The Labute approximate surface area is 169 Å². The van der Waals surface area contributed by atoms with Crippen molar-refractivity contribution in [2.24, 2.45) is 0 Å². The molecule has 152 valence electrons. The minimum Gasteiger partial charge on any atom is -0.338 e. The van der Waals surface area contributed by atoms with Crippen LogP contribution in [0.1, 0.15) is 28.8 Å². The number of nitro benzene ring substituents is 1. The van der Waals surface area contributed by atoms with Crippen molar-refractivity contribution in [1.82, 2.24) is 4.90 Å². The quantitative estimate of drug-likeness (QED) is 0.457. The van der Waals surface area contributed by atoms with E-state index in [4.69, 9.17) is 0 Å². The van der Waals surface area contributed by atoms with Gasteiger partial charge in [0.25, 0.3) is 21.6 Å². The molecule has 0 atom stereocenters. The summed E-state index contributed by atoms with van der Waals surface area (Å²) < 4.78 is 27.5. The average Bonchev–Trinajstić information content (AvgIpc) is 2.68. The summed E-state index contributed by atoms with van der Waals surface area (Å²) >= 11 is 0. The van der Waals surface area contributed by atoms with Crippen LogP contribution in [0.15, 0.2) is 59.5 Å². The standard InChI is InChI=1S/C20H21N3O5S/c1-14-9-11-22(12-10-14)20(24)16-4-6-17(7-5-16)21-29(27,28)18-8-3-15(2)19(13-18)23(25)26/h3-8,13,21H,1,9-12H2,2H3. The van der Waals surface area contributed by atoms with E-state index >= 15 is 0 Å². The SMILES string of the molecule is C=C1CCN(C(=O)c2ccc(NS(=O)(=O)c3ccc(C)c([N+](=O)[O-])c3)cc2)CC1. The number of amides is 1. The largest absolute Gasteiger partial charge is 0.338 e. The molecular formula is C20H21N3O5S. The van der Waals surface area contributed by atoms with Crippen molar-refractivity contribution in [3.8, 4) is 0 Å². The van der Waals surface area contributed by atoms with E-state index in [0.717, 1.165) is 24.5 Å². The third-order valence-electron chi connectivity index (χ3n) is 4.83. The lowest BCUT2D eigenvalue weighted by Crippen LogP contribution is -2.36. The molecule has 0 saturated carbocycles. The summed E-state index contributed by atoms with van der Waals surface area (Å²) in [7, 11) is -4.01.